The molecule has 4 nitrogen and oxygen atoms in total. The zero-order chi connectivity index (χ0) is 12.5. The molecular formula is C7H5ClF3NO3S. The first-order chi connectivity index (χ1) is 7.27. The van der Waals surface area contributed by atoms with Crippen LogP contribution in [0.5, 0.6) is 5.88 Å². The molecule has 0 aliphatic rings. The Hall–Kier alpha value is -1.02. The van der Waals surface area contributed by atoms with Crippen LogP contribution in [0.25, 0.3) is 0 Å². The fraction of sp³-hybridized carbons (Fsp3) is 0.286. The molecule has 1 heterocycles. The van der Waals surface area contributed by atoms with Crippen LogP contribution in [0.2, 0.25) is 0 Å². The molecule has 0 amide bonds. The van der Waals surface area contributed by atoms with Crippen LogP contribution in [0.15, 0.2) is 11.0 Å². The van der Waals surface area contributed by atoms with E-state index in [1.807, 2.05) is 0 Å². The van der Waals surface area contributed by atoms with Crippen molar-refractivity contribution in [2.24, 2.45) is 0 Å². The van der Waals surface area contributed by atoms with Crippen LogP contribution >= 0.6 is 10.7 Å². The van der Waals surface area contributed by atoms with E-state index in [-0.39, 0.29) is 0 Å². The quantitative estimate of drug-likeness (QED) is 0.626. The molecule has 0 saturated carbocycles. The summed E-state index contributed by atoms with van der Waals surface area (Å²) < 4.78 is 64.2. The predicted octanol–water partition coefficient (Wildman–Crippen LogP) is 2.09. The number of ether oxygens (including phenoxy) is 1. The van der Waals surface area contributed by atoms with E-state index in [4.69, 9.17) is 10.7 Å². The molecule has 1 aromatic rings. The van der Waals surface area contributed by atoms with Gasteiger partial charge in [-0.2, -0.15) is 9.37 Å². The van der Waals surface area contributed by atoms with Crippen molar-refractivity contribution in [3.8, 4) is 5.88 Å². The lowest BCUT2D eigenvalue weighted by atomic mass is 10.3. The summed E-state index contributed by atoms with van der Waals surface area (Å²) in [6.07, 6.45) is -3.21. The van der Waals surface area contributed by atoms with Gasteiger partial charge in [0, 0.05) is 22.3 Å². The third-order valence-electron chi connectivity index (χ3n) is 1.61. The molecule has 9 heteroatoms. The molecule has 90 valence electrons. The van der Waals surface area contributed by atoms with Gasteiger partial charge < -0.3 is 4.74 Å². The van der Waals surface area contributed by atoms with Gasteiger partial charge in [-0.1, -0.05) is 0 Å². The summed E-state index contributed by atoms with van der Waals surface area (Å²) in [5.41, 5.74) is -1.08. The Morgan fingerprint density at radius 3 is 2.44 bits per heavy atom. The van der Waals surface area contributed by atoms with Gasteiger partial charge in [0.1, 0.15) is 0 Å². The van der Waals surface area contributed by atoms with E-state index in [9.17, 15) is 21.6 Å². The number of pyridine rings is 1. The predicted molar refractivity (Wildman–Crippen MR) is 48.7 cm³/mol. The molecule has 0 atom stereocenters. The number of hydrogen-bond acceptors (Lipinski definition) is 4. The minimum atomic E-state index is -4.50. The molecule has 0 saturated heterocycles. The molecule has 0 unspecified atom stereocenters. The minimum Gasteiger partial charge on any atom is -0.480 e. The van der Waals surface area contributed by atoms with Gasteiger partial charge >= 0.3 is 0 Å². The Kier molecular flexibility index (Phi) is 3.64. The van der Waals surface area contributed by atoms with Gasteiger partial charge in [0.2, 0.25) is 11.8 Å². The summed E-state index contributed by atoms with van der Waals surface area (Å²) in [4.78, 5) is 1.99. The highest BCUT2D eigenvalue weighted by Crippen LogP contribution is 2.34. The number of alkyl halides is 2. The van der Waals surface area contributed by atoms with E-state index in [0.29, 0.717) is 6.07 Å². The van der Waals surface area contributed by atoms with Crippen molar-refractivity contribution in [2.75, 3.05) is 7.11 Å². The van der Waals surface area contributed by atoms with Crippen molar-refractivity contribution in [2.45, 2.75) is 11.3 Å². The number of nitrogens with zero attached hydrogens (tertiary/aromatic N) is 1. The molecule has 16 heavy (non-hydrogen) atoms. The Labute approximate surface area is 93.4 Å². The molecule has 1 aromatic heterocycles. The highest BCUT2D eigenvalue weighted by atomic mass is 35.7. The largest absolute Gasteiger partial charge is 0.480 e. The second kappa shape index (κ2) is 4.46. The summed E-state index contributed by atoms with van der Waals surface area (Å²) in [5.74, 6) is -2.08. The summed E-state index contributed by atoms with van der Waals surface area (Å²) in [5, 5.41) is 0. The molecule has 0 aliphatic carbocycles. The number of methoxy groups -OCH3 is 1. The highest BCUT2D eigenvalue weighted by molar-refractivity contribution is 8.13. The standard InChI is InChI=1S/C7H5ClF3NO3S/c1-15-7-5(16(8,13)14)3(6(10)11)2-4(9)12-7/h2,6H,1H3. The maximum absolute atomic E-state index is 12.8. The molecule has 0 bridgehead atoms. The first-order valence-corrected chi connectivity index (χ1v) is 6.05. The van der Waals surface area contributed by atoms with Crippen molar-refractivity contribution in [3.05, 3.63) is 17.6 Å². The van der Waals surface area contributed by atoms with Crippen LogP contribution in [-0.4, -0.2) is 20.5 Å². The molecule has 0 fully saturated rings. The lowest BCUT2D eigenvalue weighted by molar-refractivity contribution is 0.146. The molecule has 0 aliphatic heterocycles. The summed E-state index contributed by atoms with van der Waals surface area (Å²) in [6.45, 7) is 0. The number of rotatable bonds is 3. The topological polar surface area (TPSA) is 56.3 Å². The van der Waals surface area contributed by atoms with Crippen LogP contribution in [-0.2, 0) is 9.05 Å². The lowest BCUT2D eigenvalue weighted by Crippen LogP contribution is -2.06. The van der Waals surface area contributed by atoms with E-state index >= 15 is 0 Å². The first-order valence-electron chi connectivity index (χ1n) is 3.74. The maximum atomic E-state index is 12.8. The first kappa shape index (κ1) is 13.0. The van der Waals surface area contributed by atoms with Gasteiger partial charge in [-0.25, -0.2) is 17.2 Å². The normalized spacial score (nSPS) is 11.9. The lowest BCUT2D eigenvalue weighted by Gasteiger charge is -2.09. The molecule has 0 radical (unpaired) electrons. The van der Waals surface area contributed by atoms with Crippen molar-refractivity contribution in [1.29, 1.82) is 0 Å². The zero-order valence-electron chi connectivity index (χ0n) is 7.75. The third kappa shape index (κ3) is 2.56. The van der Waals surface area contributed by atoms with Crippen molar-refractivity contribution in [1.82, 2.24) is 4.98 Å². The van der Waals surface area contributed by atoms with Gasteiger partial charge in [-0.15, -0.1) is 0 Å². The van der Waals surface area contributed by atoms with Gasteiger partial charge in [-0.05, 0) is 0 Å². The van der Waals surface area contributed by atoms with Crippen LogP contribution < -0.4 is 4.74 Å². The van der Waals surface area contributed by atoms with E-state index in [1.165, 1.54) is 0 Å². The number of hydrogen-bond donors (Lipinski definition) is 0. The average molecular weight is 276 g/mol. The fourth-order valence-corrected chi connectivity index (χ4v) is 2.28. The van der Waals surface area contributed by atoms with Gasteiger partial charge in [0.05, 0.1) is 7.11 Å². The molecule has 0 N–H and O–H groups in total. The van der Waals surface area contributed by atoms with Crippen LogP contribution in [0.1, 0.15) is 12.0 Å². The Morgan fingerprint density at radius 1 is 1.50 bits per heavy atom. The number of halogens is 4. The Morgan fingerprint density at radius 2 is 2.06 bits per heavy atom. The van der Waals surface area contributed by atoms with Crippen molar-refractivity contribution >= 4 is 19.7 Å². The highest BCUT2D eigenvalue weighted by Gasteiger charge is 2.28. The summed E-state index contributed by atoms with van der Waals surface area (Å²) >= 11 is 0. The second-order valence-corrected chi connectivity index (χ2v) is 5.11. The van der Waals surface area contributed by atoms with Gasteiger partial charge in [0.15, 0.2) is 4.90 Å². The average Bonchev–Trinajstić information content (AvgIpc) is 2.14. The smallest absolute Gasteiger partial charge is 0.267 e. The third-order valence-corrected chi connectivity index (χ3v) is 2.97. The maximum Gasteiger partial charge on any atom is 0.267 e. The number of aromatic nitrogens is 1. The van der Waals surface area contributed by atoms with Crippen molar-refractivity contribution in [3.63, 3.8) is 0 Å². The summed E-state index contributed by atoms with van der Waals surface area (Å²) in [6, 6.07) is 0.294. The minimum absolute atomic E-state index is 0.294. The van der Waals surface area contributed by atoms with Gasteiger partial charge in [-0.3, -0.25) is 0 Å². The fourth-order valence-electron chi connectivity index (χ4n) is 1.04. The zero-order valence-corrected chi connectivity index (χ0v) is 9.32. The Bertz CT molecular complexity index is 506. The second-order valence-electron chi connectivity index (χ2n) is 2.61. The van der Waals surface area contributed by atoms with E-state index in [0.717, 1.165) is 7.11 Å². The van der Waals surface area contributed by atoms with Crippen molar-refractivity contribution < 1.29 is 26.3 Å². The van der Waals surface area contributed by atoms with E-state index in [2.05, 4.69) is 9.72 Å². The molecule has 0 aromatic carbocycles. The van der Waals surface area contributed by atoms with Crippen LogP contribution in [0.4, 0.5) is 13.2 Å². The van der Waals surface area contributed by atoms with E-state index < -0.39 is 37.8 Å². The Balaban J connectivity index is 3.65. The SMILES string of the molecule is COc1nc(F)cc(C(F)F)c1S(=O)(=O)Cl. The van der Waals surface area contributed by atoms with Gasteiger partial charge in [0.25, 0.3) is 15.5 Å². The molecular weight excluding hydrogens is 271 g/mol. The monoisotopic (exact) mass is 275 g/mol. The molecule has 0 spiro atoms. The van der Waals surface area contributed by atoms with Crippen LogP contribution in [0, 0.1) is 5.95 Å². The van der Waals surface area contributed by atoms with E-state index in [1.54, 1.807) is 0 Å². The summed E-state index contributed by atoms with van der Waals surface area (Å²) in [7, 11) is 1.40. The van der Waals surface area contributed by atoms with Crippen LogP contribution in [0.3, 0.4) is 0 Å². The molecule has 1 rings (SSSR count).